The van der Waals surface area contributed by atoms with Crippen molar-refractivity contribution < 1.29 is 4.79 Å². The standard InChI is InChI=1S/C14H16N2OS2/c1-9(2)12-6-11(8-19-12)14(17)16-15-7-13-10(3)4-5-18-13/h4-9H,1-3H3,(H,16,17)/b15-7-. The Balaban J connectivity index is 1.97. The predicted molar refractivity (Wildman–Crippen MR) is 82.5 cm³/mol. The number of nitrogens with one attached hydrogen (secondary N) is 1. The summed E-state index contributed by atoms with van der Waals surface area (Å²) in [5.41, 5.74) is 4.40. The summed E-state index contributed by atoms with van der Waals surface area (Å²) in [7, 11) is 0. The SMILES string of the molecule is Cc1ccsc1/C=N\NC(=O)c1csc(C(C)C)c1. The Labute approximate surface area is 121 Å². The second-order valence-corrected chi connectivity index (χ2v) is 6.45. The van der Waals surface area contributed by atoms with Crippen LogP contribution in [-0.2, 0) is 0 Å². The minimum absolute atomic E-state index is 0.159. The lowest BCUT2D eigenvalue weighted by Gasteiger charge is -1.98. The van der Waals surface area contributed by atoms with Gasteiger partial charge in [0.05, 0.1) is 11.8 Å². The van der Waals surface area contributed by atoms with Gasteiger partial charge in [-0.15, -0.1) is 22.7 Å². The van der Waals surface area contributed by atoms with E-state index in [1.54, 1.807) is 28.9 Å². The van der Waals surface area contributed by atoms with Gasteiger partial charge in [-0.05, 0) is 35.9 Å². The maximum atomic E-state index is 11.9. The molecule has 0 aliphatic heterocycles. The van der Waals surface area contributed by atoms with Gasteiger partial charge >= 0.3 is 0 Å². The Hall–Kier alpha value is -1.46. The average molecular weight is 292 g/mol. The Morgan fingerprint density at radius 3 is 2.79 bits per heavy atom. The summed E-state index contributed by atoms with van der Waals surface area (Å²) in [5.74, 6) is 0.289. The van der Waals surface area contributed by atoms with Gasteiger partial charge in [-0.2, -0.15) is 5.10 Å². The molecule has 0 fully saturated rings. The summed E-state index contributed by atoms with van der Waals surface area (Å²) in [6, 6.07) is 3.96. The highest BCUT2D eigenvalue weighted by Gasteiger charge is 2.09. The first-order chi connectivity index (χ1) is 9.08. The third kappa shape index (κ3) is 3.52. The number of rotatable bonds is 4. The molecule has 2 aromatic heterocycles. The molecule has 3 nitrogen and oxygen atoms in total. The van der Waals surface area contributed by atoms with Crippen LogP contribution in [0.15, 0.2) is 28.0 Å². The van der Waals surface area contributed by atoms with Crippen molar-refractivity contribution in [2.45, 2.75) is 26.7 Å². The molecule has 2 aromatic rings. The first kappa shape index (κ1) is 14.0. The number of amides is 1. The van der Waals surface area contributed by atoms with Crippen molar-refractivity contribution in [3.05, 3.63) is 43.8 Å². The molecule has 1 N–H and O–H groups in total. The van der Waals surface area contributed by atoms with Gasteiger partial charge in [-0.1, -0.05) is 13.8 Å². The van der Waals surface area contributed by atoms with Gasteiger partial charge in [-0.25, -0.2) is 5.43 Å². The van der Waals surface area contributed by atoms with Crippen LogP contribution in [0, 0.1) is 6.92 Å². The molecule has 0 saturated carbocycles. The van der Waals surface area contributed by atoms with Gasteiger partial charge in [-0.3, -0.25) is 4.79 Å². The molecule has 0 saturated heterocycles. The second-order valence-electron chi connectivity index (χ2n) is 4.56. The molecule has 0 aromatic carbocycles. The highest BCUT2D eigenvalue weighted by atomic mass is 32.1. The third-order valence-electron chi connectivity index (χ3n) is 2.70. The molecular formula is C14H16N2OS2. The number of aryl methyl sites for hydroxylation is 1. The highest BCUT2D eigenvalue weighted by molar-refractivity contribution is 7.12. The van der Waals surface area contributed by atoms with Crippen molar-refractivity contribution in [1.82, 2.24) is 5.43 Å². The van der Waals surface area contributed by atoms with Gasteiger partial charge in [0.2, 0.25) is 0 Å². The molecule has 2 heterocycles. The summed E-state index contributed by atoms with van der Waals surface area (Å²) in [6.45, 7) is 6.25. The zero-order chi connectivity index (χ0) is 13.8. The van der Waals surface area contributed by atoms with E-state index >= 15 is 0 Å². The lowest BCUT2D eigenvalue weighted by Crippen LogP contribution is -2.16. The lowest BCUT2D eigenvalue weighted by molar-refractivity contribution is 0.0955. The summed E-state index contributed by atoms with van der Waals surface area (Å²) in [5, 5.41) is 7.87. The topological polar surface area (TPSA) is 41.5 Å². The van der Waals surface area contributed by atoms with E-state index in [2.05, 4.69) is 24.4 Å². The molecule has 19 heavy (non-hydrogen) atoms. The van der Waals surface area contributed by atoms with Crippen LogP contribution in [-0.4, -0.2) is 12.1 Å². The van der Waals surface area contributed by atoms with E-state index in [1.807, 2.05) is 29.8 Å². The Morgan fingerprint density at radius 2 is 2.21 bits per heavy atom. The Kier molecular flexibility index (Phi) is 4.50. The molecule has 1 amide bonds. The van der Waals surface area contributed by atoms with Crippen LogP contribution in [0.2, 0.25) is 0 Å². The maximum Gasteiger partial charge on any atom is 0.272 e. The molecule has 0 unspecified atom stereocenters. The van der Waals surface area contributed by atoms with Crippen molar-refractivity contribution in [1.29, 1.82) is 0 Å². The van der Waals surface area contributed by atoms with Gasteiger partial charge in [0.1, 0.15) is 0 Å². The van der Waals surface area contributed by atoms with Crippen LogP contribution in [0.5, 0.6) is 0 Å². The first-order valence-corrected chi connectivity index (χ1v) is 7.79. The quantitative estimate of drug-likeness (QED) is 0.671. The van der Waals surface area contributed by atoms with Crippen molar-refractivity contribution >= 4 is 34.8 Å². The van der Waals surface area contributed by atoms with Crippen molar-refractivity contribution in [2.24, 2.45) is 5.10 Å². The van der Waals surface area contributed by atoms with E-state index in [0.29, 0.717) is 11.5 Å². The van der Waals surface area contributed by atoms with E-state index < -0.39 is 0 Å². The molecular weight excluding hydrogens is 276 g/mol. The largest absolute Gasteiger partial charge is 0.272 e. The average Bonchev–Trinajstić information content (AvgIpc) is 2.98. The van der Waals surface area contributed by atoms with E-state index in [9.17, 15) is 4.79 Å². The van der Waals surface area contributed by atoms with Crippen LogP contribution < -0.4 is 5.43 Å². The van der Waals surface area contributed by atoms with Crippen LogP contribution in [0.4, 0.5) is 0 Å². The smallest absolute Gasteiger partial charge is 0.267 e. The van der Waals surface area contributed by atoms with Gasteiger partial charge in [0.25, 0.3) is 5.91 Å². The number of carbonyl (C=O) groups excluding carboxylic acids is 1. The van der Waals surface area contributed by atoms with Crippen molar-refractivity contribution in [3.8, 4) is 0 Å². The van der Waals surface area contributed by atoms with E-state index in [1.165, 1.54) is 10.4 Å². The van der Waals surface area contributed by atoms with Crippen LogP contribution in [0.3, 0.4) is 0 Å². The van der Waals surface area contributed by atoms with Gasteiger partial charge < -0.3 is 0 Å². The maximum absolute atomic E-state index is 11.9. The number of thiophene rings is 2. The number of hydrazone groups is 1. The molecule has 0 spiro atoms. The fraction of sp³-hybridized carbons (Fsp3) is 0.286. The molecule has 2 rings (SSSR count). The Bertz CT molecular complexity index is 596. The van der Waals surface area contributed by atoms with Crippen LogP contribution in [0.25, 0.3) is 0 Å². The van der Waals surface area contributed by atoms with Gasteiger partial charge in [0.15, 0.2) is 0 Å². The molecule has 0 atom stereocenters. The minimum Gasteiger partial charge on any atom is -0.267 e. The minimum atomic E-state index is -0.159. The number of carbonyl (C=O) groups is 1. The molecule has 0 radical (unpaired) electrons. The zero-order valence-electron chi connectivity index (χ0n) is 11.1. The zero-order valence-corrected chi connectivity index (χ0v) is 12.8. The highest BCUT2D eigenvalue weighted by Crippen LogP contribution is 2.23. The van der Waals surface area contributed by atoms with Crippen LogP contribution >= 0.6 is 22.7 Å². The number of hydrogen-bond acceptors (Lipinski definition) is 4. The van der Waals surface area contributed by atoms with Crippen LogP contribution in [0.1, 0.15) is 45.4 Å². The fourth-order valence-corrected chi connectivity index (χ4v) is 3.20. The molecule has 100 valence electrons. The normalized spacial score (nSPS) is 11.4. The molecule has 0 aliphatic carbocycles. The number of nitrogens with zero attached hydrogens (tertiary/aromatic N) is 1. The Morgan fingerprint density at radius 1 is 1.42 bits per heavy atom. The molecule has 0 aliphatic rings. The summed E-state index contributed by atoms with van der Waals surface area (Å²) < 4.78 is 0. The van der Waals surface area contributed by atoms with Crippen molar-refractivity contribution in [2.75, 3.05) is 0 Å². The second kappa shape index (κ2) is 6.12. The predicted octanol–water partition coefficient (Wildman–Crippen LogP) is 4.01. The summed E-state index contributed by atoms with van der Waals surface area (Å²) >= 11 is 3.22. The summed E-state index contributed by atoms with van der Waals surface area (Å²) in [6.07, 6.45) is 1.69. The lowest BCUT2D eigenvalue weighted by atomic mass is 10.1. The van der Waals surface area contributed by atoms with Crippen molar-refractivity contribution in [3.63, 3.8) is 0 Å². The summed E-state index contributed by atoms with van der Waals surface area (Å²) in [4.78, 5) is 14.2. The van der Waals surface area contributed by atoms with Gasteiger partial charge in [0, 0.05) is 15.1 Å². The monoisotopic (exact) mass is 292 g/mol. The molecule has 5 heteroatoms. The van der Waals surface area contributed by atoms with E-state index in [4.69, 9.17) is 0 Å². The van der Waals surface area contributed by atoms with E-state index in [0.717, 1.165) is 4.88 Å². The fourth-order valence-electron chi connectivity index (χ4n) is 1.51. The third-order valence-corrected chi connectivity index (χ3v) is 4.89. The number of hydrogen-bond donors (Lipinski definition) is 1. The van der Waals surface area contributed by atoms with E-state index in [-0.39, 0.29) is 5.91 Å². The first-order valence-electron chi connectivity index (χ1n) is 6.04. The molecule has 0 bridgehead atoms.